The second-order valence-corrected chi connectivity index (χ2v) is 7.07. The van der Waals surface area contributed by atoms with Gasteiger partial charge in [-0.15, -0.1) is 0 Å². The van der Waals surface area contributed by atoms with Gasteiger partial charge < -0.3 is 14.6 Å². The maximum absolute atomic E-state index is 9.55. The van der Waals surface area contributed by atoms with Gasteiger partial charge in [-0.05, 0) is 41.8 Å². The van der Waals surface area contributed by atoms with E-state index in [4.69, 9.17) is 9.47 Å². The first-order valence-corrected chi connectivity index (χ1v) is 9.55. The second kappa shape index (κ2) is 9.74. The topological polar surface area (TPSA) is 45.2 Å². The van der Waals surface area contributed by atoms with Crippen LogP contribution in [0.3, 0.4) is 0 Å². The predicted molar refractivity (Wildman–Crippen MR) is 107 cm³/mol. The molecule has 5 heteroatoms. The number of aliphatic hydroxyl groups excluding tert-OH is 1. The smallest absolute Gasteiger partial charge is 0.119 e. The van der Waals surface area contributed by atoms with Gasteiger partial charge in [0.2, 0.25) is 0 Å². The van der Waals surface area contributed by atoms with Crippen molar-refractivity contribution >= 4 is 0 Å². The Morgan fingerprint density at radius 3 is 2.15 bits per heavy atom. The highest BCUT2D eigenvalue weighted by Gasteiger charge is 2.26. The van der Waals surface area contributed by atoms with Crippen LogP contribution >= 0.6 is 0 Å². The van der Waals surface area contributed by atoms with E-state index in [1.54, 1.807) is 14.2 Å². The van der Waals surface area contributed by atoms with E-state index in [9.17, 15) is 5.11 Å². The van der Waals surface area contributed by atoms with Crippen LogP contribution < -0.4 is 9.47 Å². The van der Waals surface area contributed by atoms with E-state index in [1.165, 1.54) is 11.1 Å². The van der Waals surface area contributed by atoms with Gasteiger partial charge in [-0.3, -0.25) is 9.80 Å². The number of ether oxygens (including phenoxy) is 2. The van der Waals surface area contributed by atoms with Crippen LogP contribution in [-0.4, -0.2) is 61.4 Å². The third kappa shape index (κ3) is 5.45. The van der Waals surface area contributed by atoms with Crippen LogP contribution in [0.1, 0.15) is 17.5 Å². The molecule has 0 bridgehead atoms. The molecule has 0 spiro atoms. The van der Waals surface area contributed by atoms with Crippen molar-refractivity contribution in [3.05, 3.63) is 59.7 Å². The summed E-state index contributed by atoms with van der Waals surface area (Å²) in [6.45, 7) is 4.98. The first kappa shape index (κ1) is 19.7. The lowest BCUT2D eigenvalue weighted by Gasteiger charge is -2.41. The van der Waals surface area contributed by atoms with E-state index in [-0.39, 0.29) is 6.61 Å². The van der Waals surface area contributed by atoms with Gasteiger partial charge in [0.15, 0.2) is 0 Å². The number of hydrogen-bond donors (Lipinski definition) is 1. The summed E-state index contributed by atoms with van der Waals surface area (Å²) in [6, 6.07) is 16.9. The highest BCUT2D eigenvalue weighted by Crippen LogP contribution is 2.21. The van der Waals surface area contributed by atoms with Crippen molar-refractivity contribution in [3.63, 3.8) is 0 Å². The molecule has 1 aliphatic rings. The maximum atomic E-state index is 9.55. The summed E-state index contributed by atoms with van der Waals surface area (Å²) >= 11 is 0. The molecule has 0 radical (unpaired) electrons. The van der Waals surface area contributed by atoms with Crippen LogP contribution in [-0.2, 0) is 13.1 Å². The summed E-state index contributed by atoms with van der Waals surface area (Å²) in [5.74, 6) is 1.79. The summed E-state index contributed by atoms with van der Waals surface area (Å²) in [6.07, 6.45) is 0.790. The summed E-state index contributed by atoms with van der Waals surface area (Å²) in [5.41, 5.74) is 2.51. The number of piperazine rings is 1. The number of aliphatic hydroxyl groups is 1. The maximum Gasteiger partial charge on any atom is 0.119 e. The van der Waals surface area contributed by atoms with Crippen LogP contribution in [0.2, 0.25) is 0 Å². The van der Waals surface area contributed by atoms with Gasteiger partial charge in [-0.1, -0.05) is 24.3 Å². The standard InChI is InChI=1S/C22H30N2O3/c1-26-21-7-3-5-18(13-21)15-23-10-11-24(20(17-23)9-12-25)16-19-6-4-8-22(14-19)27-2/h3-8,13-14,20,25H,9-12,15-17H2,1-2H3/t20-/m0/s1. The fraction of sp³-hybridized carbons (Fsp3) is 0.455. The Morgan fingerprint density at radius 2 is 1.56 bits per heavy atom. The first-order chi connectivity index (χ1) is 13.2. The van der Waals surface area contributed by atoms with Gasteiger partial charge in [-0.2, -0.15) is 0 Å². The zero-order valence-electron chi connectivity index (χ0n) is 16.3. The third-order valence-electron chi connectivity index (χ3n) is 5.21. The summed E-state index contributed by atoms with van der Waals surface area (Å²) in [5, 5.41) is 9.55. The van der Waals surface area contributed by atoms with Crippen molar-refractivity contribution in [1.29, 1.82) is 0 Å². The average Bonchev–Trinajstić information content (AvgIpc) is 2.70. The summed E-state index contributed by atoms with van der Waals surface area (Å²) < 4.78 is 10.7. The van der Waals surface area contributed by atoms with Crippen molar-refractivity contribution in [2.45, 2.75) is 25.6 Å². The van der Waals surface area contributed by atoms with E-state index >= 15 is 0 Å². The zero-order chi connectivity index (χ0) is 19.1. The molecule has 2 aromatic rings. The molecular weight excluding hydrogens is 340 g/mol. The summed E-state index contributed by atoms with van der Waals surface area (Å²) in [7, 11) is 3.40. The minimum atomic E-state index is 0.215. The average molecular weight is 370 g/mol. The monoisotopic (exact) mass is 370 g/mol. The van der Waals surface area contributed by atoms with E-state index in [2.05, 4.69) is 34.1 Å². The molecule has 0 aromatic heterocycles. The molecular formula is C22H30N2O3. The number of benzene rings is 2. The Balaban J connectivity index is 1.63. The number of rotatable bonds is 8. The van der Waals surface area contributed by atoms with E-state index in [1.807, 2.05) is 24.3 Å². The van der Waals surface area contributed by atoms with Gasteiger partial charge in [0.25, 0.3) is 0 Å². The van der Waals surface area contributed by atoms with E-state index < -0.39 is 0 Å². The molecule has 3 rings (SSSR count). The van der Waals surface area contributed by atoms with Gasteiger partial charge in [0, 0.05) is 45.4 Å². The second-order valence-electron chi connectivity index (χ2n) is 7.07. The highest BCUT2D eigenvalue weighted by atomic mass is 16.5. The van der Waals surface area contributed by atoms with Crippen molar-refractivity contribution < 1.29 is 14.6 Å². The molecule has 0 aliphatic carbocycles. The molecule has 1 atom stereocenters. The Morgan fingerprint density at radius 1 is 0.926 bits per heavy atom. The lowest BCUT2D eigenvalue weighted by atomic mass is 10.1. The summed E-state index contributed by atoms with van der Waals surface area (Å²) in [4.78, 5) is 4.95. The van der Waals surface area contributed by atoms with Crippen LogP contribution in [0.25, 0.3) is 0 Å². The lowest BCUT2D eigenvalue weighted by Crippen LogP contribution is -2.52. The fourth-order valence-corrected chi connectivity index (χ4v) is 3.77. The fourth-order valence-electron chi connectivity index (χ4n) is 3.77. The quantitative estimate of drug-likeness (QED) is 0.774. The molecule has 1 N–H and O–H groups in total. The van der Waals surface area contributed by atoms with Crippen molar-refractivity contribution in [1.82, 2.24) is 9.80 Å². The molecule has 1 heterocycles. The van der Waals surface area contributed by atoms with Crippen molar-refractivity contribution in [2.75, 3.05) is 40.5 Å². The molecule has 27 heavy (non-hydrogen) atoms. The number of nitrogens with zero attached hydrogens (tertiary/aromatic N) is 2. The van der Waals surface area contributed by atoms with E-state index in [0.29, 0.717) is 6.04 Å². The molecule has 1 aliphatic heterocycles. The van der Waals surface area contributed by atoms with Crippen molar-refractivity contribution in [3.8, 4) is 11.5 Å². The van der Waals surface area contributed by atoms with Gasteiger partial charge in [0.1, 0.15) is 11.5 Å². The largest absolute Gasteiger partial charge is 0.497 e. The molecule has 0 amide bonds. The number of methoxy groups -OCH3 is 2. The Labute approximate surface area is 162 Å². The predicted octanol–water partition coefficient (Wildman–Crippen LogP) is 2.77. The molecule has 0 unspecified atom stereocenters. The third-order valence-corrected chi connectivity index (χ3v) is 5.21. The lowest BCUT2D eigenvalue weighted by molar-refractivity contribution is 0.0499. The zero-order valence-corrected chi connectivity index (χ0v) is 16.3. The van der Waals surface area contributed by atoms with Crippen LogP contribution in [0.5, 0.6) is 11.5 Å². The highest BCUT2D eigenvalue weighted by molar-refractivity contribution is 5.29. The van der Waals surface area contributed by atoms with Crippen LogP contribution in [0.15, 0.2) is 48.5 Å². The van der Waals surface area contributed by atoms with Crippen molar-refractivity contribution in [2.24, 2.45) is 0 Å². The molecule has 2 aromatic carbocycles. The Kier molecular flexibility index (Phi) is 7.10. The van der Waals surface area contributed by atoms with Crippen LogP contribution in [0.4, 0.5) is 0 Å². The number of hydrogen-bond acceptors (Lipinski definition) is 5. The SMILES string of the molecule is COc1cccc(CN2CCN(Cc3cccc(OC)c3)[C@@H](CCO)C2)c1. The van der Waals surface area contributed by atoms with Gasteiger partial charge in [-0.25, -0.2) is 0 Å². The Bertz CT molecular complexity index is 722. The van der Waals surface area contributed by atoms with Crippen LogP contribution in [0, 0.1) is 0 Å². The van der Waals surface area contributed by atoms with Gasteiger partial charge in [0.05, 0.1) is 14.2 Å². The van der Waals surface area contributed by atoms with Gasteiger partial charge >= 0.3 is 0 Å². The minimum Gasteiger partial charge on any atom is -0.497 e. The minimum absolute atomic E-state index is 0.215. The molecule has 146 valence electrons. The normalized spacial score (nSPS) is 18.4. The molecule has 1 saturated heterocycles. The molecule has 0 saturated carbocycles. The Hall–Kier alpha value is -2.08. The molecule has 5 nitrogen and oxygen atoms in total. The van der Waals surface area contributed by atoms with E-state index in [0.717, 1.165) is 50.6 Å². The molecule has 1 fully saturated rings. The first-order valence-electron chi connectivity index (χ1n) is 9.55.